The number of nitrogens with two attached hydrogens (primary N) is 1. The highest BCUT2D eigenvalue weighted by atomic mass is 35.5. The van der Waals surface area contributed by atoms with Crippen molar-refractivity contribution in [1.82, 2.24) is 25.5 Å². The molecule has 2 amide bonds. The van der Waals surface area contributed by atoms with Gasteiger partial charge in [-0.2, -0.15) is 0 Å². The first-order chi connectivity index (χ1) is 19.6. The number of amides is 2. The number of rotatable bonds is 11. The van der Waals surface area contributed by atoms with Gasteiger partial charge >= 0.3 is 0 Å². The summed E-state index contributed by atoms with van der Waals surface area (Å²) in [7, 11) is 1.70. The van der Waals surface area contributed by atoms with Crippen molar-refractivity contribution in [3.05, 3.63) is 82.1 Å². The average molecular weight is 584 g/mol. The summed E-state index contributed by atoms with van der Waals surface area (Å²) in [4.78, 5) is 36.6. The molecule has 1 aromatic heterocycles. The Kier molecular flexibility index (Phi) is 9.25. The Balaban J connectivity index is 1.51. The predicted molar refractivity (Wildman–Crippen MR) is 152 cm³/mol. The van der Waals surface area contributed by atoms with Crippen molar-refractivity contribution in [2.45, 2.75) is 32.5 Å². The minimum absolute atomic E-state index is 0.205. The van der Waals surface area contributed by atoms with Gasteiger partial charge in [-0.25, -0.2) is 14.4 Å². The third kappa shape index (κ3) is 6.67. The lowest BCUT2D eigenvalue weighted by atomic mass is 10.0. The summed E-state index contributed by atoms with van der Waals surface area (Å²) in [6.07, 6.45) is 2.97. The van der Waals surface area contributed by atoms with Crippen LogP contribution >= 0.6 is 11.6 Å². The highest BCUT2D eigenvalue weighted by Gasteiger charge is 2.35. The van der Waals surface area contributed by atoms with E-state index < -0.39 is 30.4 Å². The molecule has 4 rings (SSSR count). The first-order valence-electron chi connectivity index (χ1n) is 12.9. The monoisotopic (exact) mass is 583 g/mol. The number of aliphatic hydroxyl groups is 1. The number of aliphatic hydroxyl groups excluding tert-OH is 1. The van der Waals surface area contributed by atoms with Gasteiger partial charge in [-0.1, -0.05) is 23.7 Å². The molecular formula is C28H31ClFN7O4. The number of halogens is 2. The second kappa shape index (κ2) is 12.8. The Hall–Kier alpha value is -4.42. The van der Waals surface area contributed by atoms with E-state index in [-0.39, 0.29) is 29.2 Å². The van der Waals surface area contributed by atoms with Crippen molar-refractivity contribution in [2.75, 3.05) is 25.6 Å². The lowest BCUT2D eigenvalue weighted by molar-refractivity contribution is -0.126. The van der Waals surface area contributed by atoms with Crippen molar-refractivity contribution >= 4 is 29.4 Å². The van der Waals surface area contributed by atoms with Crippen LogP contribution < -0.4 is 26.4 Å². The molecule has 6 N–H and O–H groups in total. The minimum atomic E-state index is -0.897. The van der Waals surface area contributed by atoms with Crippen molar-refractivity contribution < 1.29 is 23.8 Å². The van der Waals surface area contributed by atoms with Crippen molar-refractivity contribution in [1.29, 1.82) is 0 Å². The molecule has 0 saturated heterocycles. The SMILES string of the molecule is CCOc1cc(F)cc([C@@H](CO)NC(=O)[C@@H](C)N2Cc3ccc(-c4nc(N/C(N)=C/NC)ncc4Cl)cc3C2=O)c1. The Morgan fingerprint density at radius 2 is 2.10 bits per heavy atom. The van der Waals surface area contributed by atoms with Gasteiger partial charge in [0.05, 0.1) is 36.2 Å². The van der Waals surface area contributed by atoms with Gasteiger partial charge < -0.3 is 36.4 Å². The maximum atomic E-state index is 14.1. The van der Waals surface area contributed by atoms with Crippen LogP contribution in [-0.2, 0) is 11.3 Å². The lowest BCUT2D eigenvalue weighted by Gasteiger charge is -2.26. The Morgan fingerprint density at radius 1 is 1.32 bits per heavy atom. The van der Waals surface area contributed by atoms with E-state index in [4.69, 9.17) is 22.1 Å². The molecule has 1 aliphatic heterocycles. The molecule has 13 heteroatoms. The number of carbonyl (C=O) groups is 2. The van der Waals surface area contributed by atoms with E-state index in [1.54, 1.807) is 45.2 Å². The number of hydrogen-bond acceptors (Lipinski definition) is 9. The van der Waals surface area contributed by atoms with Crippen LogP contribution in [0.5, 0.6) is 5.75 Å². The number of ether oxygens (including phenoxy) is 1. The lowest BCUT2D eigenvalue weighted by Crippen LogP contribution is -2.46. The standard InChI is InChI=1S/C28H31ClFN7O4/c1-4-41-20-8-18(7-19(30)10-20)23(14-38)34-26(39)15(2)37-13-17-6-5-16(9-21(17)27(37)40)25-22(29)11-33-28(36-25)35-24(31)12-32-3/h5-12,15,23,32,38H,4,13-14,31H2,1-3H3,(H,34,39)(H,33,35,36)/b24-12+/t15-,23-/m1/s1. The van der Waals surface area contributed by atoms with E-state index in [9.17, 15) is 19.1 Å². The Bertz CT molecular complexity index is 1490. The summed E-state index contributed by atoms with van der Waals surface area (Å²) in [5.74, 6) is -0.611. The largest absolute Gasteiger partial charge is 0.494 e. The van der Waals surface area contributed by atoms with Gasteiger partial charge in [0.2, 0.25) is 11.9 Å². The molecule has 0 saturated carbocycles. The Labute approximate surface area is 241 Å². The van der Waals surface area contributed by atoms with Crippen LogP contribution in [0.15, 0.2) is 54.6 Å². The molecule has 0 radical (unpaired) electrons. The molecule has 0 fully saturated rings. The number of carbonyl (C=O) groups excluding carboxylic acids is 2. The Morgan fingerprint density at radius 3 is 2.80 bits per heavy atom. The van der Waals surface area contributed by atoms with E-state index in [1.165, 1.54) is 29.4 Å². The van der Waals surface area contributed by atoms with Gasteiger partial charge in [0.1, 0.15) is 23.4 Å². The third-order valence-electron chi connectivity index (χ3n) is 6.47. The van der Waals surface area contributed by atoms with Crippen molar-refractivity contribution in [3.63, 3.8) is 0 Å². The van der Waals surface area contributed by atoms with E-state index in [0.29, 0.717) is 34.8 Å². The van der Waals surface area contributed by atoms with Crippen LogP contribution in [0.1, 0.15) is 41.4 Å². The second-order valence-electron chi connectivity index (χ2n) is 9.28. The summed E-state index contributed by atoms with van der Waals surface area (Å²) >= 11 is 6.38. The minimum Gasteiger partial charge on any atom is -0.494 e. The molecule has 0 unspecified atom stereocenters. The summed E-state index contributed by atoms with van der Waals surface area (Å²) < 4.78 is 19.5. The third-order valence-corrected chi connectivity index (χ3v) is 6.74. The van der Waals surface area contributed by atoms with Gasteiger partial charge in [-0.15, -0.1) is 0 Å². The van der Waals surface area contributed by atoms with Gasteiger partial charge in [0.15, 0.2) is 0 Å². The van der Waals surface area contributed by atoms with E-state index in [2.05, 4.69) is 25.9 Å². The molecule has 41 heavy (non-hydrogen) atoms. The number of nitrogens with one attached hydrogen (secondary N) is 3. The topological polar surface area (TPSA) is 155 Å². The van der Waals surface area contributed by atoms with Crippen LogP contribution in [0.4, 0.5) is 10.3 Å². The maximum absolute atomic E-state index is 14.1. The number of nitrogens with zero attached hydrogens (tertiary/aromatic N) is 3. The summed E-state index contributed by atoms with van der Waals surface area (Å²) in [6.45, 7) is 3.42. The highest BCUT2D eigenvalue weighted by molar-refractivity contribution is 6.33. The zero-order chi connectivity index (χ0) is 29.7. The molecule has 3 aromatic rings. The van der Waals surface area contributed by atoms with Crippen LogP contribution in [-0.4, -0.2) is 58.1 Å². The number of benzene rings is 2. The van der Waals surface area contributed by atoms with Crippen LogP contribution in [0.2, 0.25) is 5.02 Å². The molecule has 1 aliphatic rings. The fourth-order valence-electron chi connectivity index (χ4n) is 4.44. The summed E-state index contributed by atoms with van der Waals surface area (Å²) in [5.41, 5.74) is 8.32. The normalized spacial score (nSPS) is 14.3. The molecular weight excluding hydrogens is 553 g/mol. The van der Waals surface area contributed by atoms with Crippen molar-refractivity contribution in [3.8, 4) is 17.0 Å². The fraction of sp³-hybridized carbons (Fsp3) is 0.286. The molecule has 2 atom stereocenters. The molecule has 2 aromatic carbocycles. The molecule has 11 nitrogen and oxygen atoms in total. The zero-order valence-electron chi connectivity index (χ0n) is 22.7. The van der Waals surface area contributed by atoms with E-state index in [0.717, 1.165) is 5.56 Å². The zero-order valence-corrected chi connectivity index (χ0v) is 23.5. The fourth-order valence-corrected chi connectivity index (χ4v) is 4.64. The van der Waals surface area contributed by atoms with Gasteiger partial charge in [-0.3, -0.25) is 9.59 Å². The van der Waals surface area contributed by atoms with Crippen LogP contribution in [0.25, 0.3) is 11.3 Å². The van der Waals surface area contributed by atoms with Crippen LogP contribution in [0.3, 0.4) is 0 Å². The van der Waals surface area contributed by atoms with E-state index in [1.807, 2.05) is 0 Å². The molecule has 0 bridgehead atoms. The second-order valence-corrected chi connectivity index (χ2v) is 9.69. The number of aromatic nitrogens is 2. The quantitative estimate of drug-likeness (QED) is 0.229. The number of anilines is 1. The number of fused-ring (bicyclic) bond motifs is 1. The molecule has 0 aliphatic carbocycles. The smallest absolute Gasteiger partial charge is 0.255 e. The van der Waals surface area contributed by atoms with E-state index >= 15 is 0 Å². The summed E-state index contributed by atoms with van der Waals surface area (Å²) in [5, 5.41) is 18.6. The maximum Gasteiger partial charge on any atom is 0.255 e. The average Bonchev–Trinajstić information content (AvgIpc) is 3.27. The molecule has 0 spiro atoms. The van der Waals surface area contributed by atoms with Gasteiger partial charge in [-0.05, 0) is 43.2 Å². The summed E-state index contributed by atoms with van der Waals surface area (Å²) in [6, 6.07) is 7.46. The highest BCUT2D eigenvalue weighted by Crippen LogP contribution is 2.32. The predicted octanol–water partition coefficient (Wildman–Crippen LogP) is 2.92. The first-order valence-corrected chi connectivity index (χ1v) is 13.2. The molecule has 216 valence electrons. The van der Waals surface area contributed by atoms with Gasteiger partial charge in [0.25, 0.3) is 5.91 Å². The first kappa shape index (κ1) is 29.6. The molecule has 2 heterocycles. The van der Waals surface area contributed by atoms with Crippen molar-refractivity contribution in [2.24, 2.45) is 5.73 Å². The van der Waals surface area contributed by atoms with Crippen LogP contribution in [0, 0.1) is 5.82 Å². The van der Waals surface area contributed by atoms with Gasteiger partial charge in [0, 0.05) is 37.0 Å². The number of hydrogen-bond donors (Lipinski definition) is 5.